The van der Waals surface area contributed by atoms with Crippen LogP contribution in [0.15, 0.2) is 24.3 Å². The van der Waals surface area contributed by atoms with Crippen molar-refractivity contribution in [3.63, 3.8) is 0 Å². The van der Waals surface area contributed by atoms with Crippen LogP contribution in [0.25, 0.3) is 0 Å². The molecule has 1 N–H and O–H groups in total. The van der Waals surface area contributed by atoms with Crippen LogP contribution in [0.2, 0.25) is 0 Å². The molecule has 0 spiro atoms. The quantitative estimate of drug-likeness (QED) is 0.778. The summed E-state index contributed by atoms with van der Waals surface area (Å²) in [7, 11) is 0. The van der Waals surface area contributed by atoms with Gasteiger partial charge in [0, 0.05) is 5.69 Å². The van der Waals surface area contributed by atoms with E-state index in [-0.39, 0.29) is 18.1 Å². The number of Topliss-reactive ketones (excluding diaryl/α,β-unsaturated/α-hetero) is 1. The van der Waals surface area contributed by atoms with Gasteiger partial charge >= 0.3 is 0 Å². The molecule has 4 heteroatoms. The molecule has 0 aliphatic carbocycles. The molecule has 0 aromatic heterocycles. The highest BCUT2D eigenvalue weighted by atomic mass is 16.2. The molecule has 0 fully saturated rings. The lowest BCUT2D eigenvalue weighted by molar-refractivity contribution is -0.124. The summed E-state index contributed by atoms with van der Waals surface area (Å²) in [6.45, 7) is 1.37. The molecular formula is C12H12N2O2. The Hall–Kier alpha value is -2.15. The zero-order chi connectivity index (χ0) is 12.0. The maximum absolute atomic E-state index is 11.2. The summed E-state index contributed by atoms with van der Waals surface area (Å²) in [6, 6.07) is 9.01. The Balaban J connectivity index is 2.59. The molecule has 1 rings (SSSR count). The van der Waals surface area contributed by atoms with E-state index in [1.54, 1.807) is 24.3 Å². The number of carbonyl (C=O) groups is 2. The number of carbonyl (C=O) groups excluding carboxylic acids is 2. The minimum Gasteiger partial charge on any atom is -0.326 e. The maximum atomic E-state index is 11.2. The van der Waals surface area contributed by atoms with E-state index in [1.165, 1.54) is 6.92 Å². The zero-order valence-corrected chi connectivity index (χ0v) is 8.99. The van der Waals surface area contributed by atoms with Crippen molar-refractivity contribution in [2.24, 2.45) is 0 Å². The van der Waals surface area contributed by atoms with Crippen molar-refractivity contribution in [3.8, 4) is 6.07 Å². The standard InChI is InChI=1S/C12H12N2O2/c1-9(15)8-12(16)14-11-4-2-10(3-5-11)6-7-13/h2-5H,6,8H2,1H3,(H,14,16). The minimum absolute atomic E-state index is 0.111. The third-order valence-corrected chi connectivity index (χ3v) is 1.93. The third-order valence-electron chi connectivity index (χ3n) is 1.93. The molecule has 82 valence electrons. The van der Waals surface area contributed by atoms with Gasteiger partial charge in [-0.3, -0.25) is 9.59 Å². The summed E-state index contributed by atoms with van der Waals surface area (Å²) in [5, 5.41) is 11.1. The first-order chi connectivity index (χ1) is 7.61. The van der Waals surface area contributed by atoms with E-state index in [4.69, 9.17) is 5.26 Å². The van der Waals surface area contributed by atoms with Crippen LogP contribution in [-0.2, 0) is 16.0 Å². The molecule has 1 aromatic rings. The number of benzene rings is 1. The Morgan fingerprint density at radius 2 is 1.94 bits per heavy atom. The Bertz CT molecular complexity index is 429. The first-order valence-electron chi connectivity index (χ1n) is 4.87. The molecule has 0 aliphatic heterocycles. The van der Waals surface area contributed by atoms with E-state index >= 15 is 0 Å². The van der Waals surface area contributed by atoms with E-state index in [9.17, 15) is 9.59 Å². The van der Waals surface area contributed by atoms with Crippen LogP contribution < -0.4 is 5.32 Å². The van der Waals surface area contributed by atoms with Gasteiger partial charge in [0.25, 0.3) is 0 Å². The SMILES string of the molecule is CC(=O)CC(=O)Nc1ccc(CC#N)cc1. The fourth-order valence-electron chi connectivity index (χ4n) is 1.23. The molecule has 0 heterocycles. The van der Waals surface area contributed by atoms with E-state index in [0.29, 0.717) is 12.1 Å². The predicted molar refractivity (Wildman–Crippen MR) is 59.7 cm³/mol. The molecule has 0 radical (unpaired) electrons. The molecule has 0 atom stereocenters. The summed E-state index contributed by atoms with van der Waals surface area (Å²) in [4.78, 5) is 21.9. The number of nitrogens with one attached hydrogen (secondary N) is 1. The van der Waals surface area contributed by atoms with E-state index < -0.39 is 0 Å². The molecule has 1 aromatic carbocycles. The Morgan fingerprint density at radius 3 is 2.44 bits per heavy atom. The normalized spacial score (nSPS) is 9.25. The molecule has 0 bridgehead atoms. The predicted octanol–water partition coefficient (Wildman–Crippen LogP) is 1.67. The highest BCUT2D eigenvalue weighted by Gasteiger charge is 2.04. The van der Waals surface area contributed by atoms with Crippen LogP contribution in [0.4, 0.5) is 5.69 Å². The van der Waals surface area contributed by atoms with E-state index in [1.807, 2.05) is 6.07 Å². The molecule has 0 saturated heterocycles. The van der Waals surface area contributed by atoms with Gasteiger partial charge in [-0.25, -0.2) is 0 Å². The number of rotatable bonds is 4. The Kier molecular flexibility index (Phi) is 4.22. The lowest BCUT2D eigenvalue weighted by Gasteiger charge is -2.04. The molecule has 1 amide bonds. The maximum Gasteiger partial charge on any atom is 0.231 e. The van der Waals surface area contributed by atoms with Crippen LogP contribution in [0.3, 0.4) is 0 Å². The first-order valence-corrected chi connectivity index (χ1v) is 4.87. The van der Waals surface area contributed by atoms with Gasteiger partial charge in [-0.05, 0) is 24.6 Å². The van der Waals surface area contributed by atoms with Gasteiger partial charge in [0.2, 0.25) is 5.91 Å². The lowest BCUT2D eigenvalue weighted by Crippen LogP contribution is -2.14. The van der Waals surface area contributed by atoms with Crippen molar-refractivity contribution >= 4 is 17.4 Å². The fourth-order valence-corrected chi connectivity index (χ4v) is 1.23. The Labute approximate surface area is 93.9 Å². The average molecular weight is 216 g/mol. The van der Waals surface area contributed by atoms with Crippen molar-refractivity contribution in [1.29, 1.82) is 5.26 Å². The van der Waals surface area contributed by atoms with Crippen LogP contribution in [-0.4, -0.2) is 11.7 Å². The van der Waals surface area contributed by atoms with Crippen molar-refractivity contribution in [2.45, 2.75) is 19.8 Å². The van der Waals surface area contributed by atoms with Gasteiger partial charge in [-0.15, -0.1) is 0 Å². The van der Waals surface area contributed by atoms with Crippen molar-refractivity contribution < 1.29 is 9.59 Å². The Morgan fingerprint density at radius 1 is 1.31 bits per heavy atom. The van der Waals surface area contributed by atoms with Crippen LogP contribution >= 0.6 is 0 Å². The van der Waals surface area contributed by atoms with Crippen molar-refractivity contribution in [1.82, 2.24) is 0 Å². The number of hydrogen-bond acceptors (Lipinski definition) is 3. The summed E-state index contributed by atoms with van der Waals surface area (Å²) in [5.74, 6) is -0.487. The third kappa shape index (κ3) is 3.93. The number of hydrogen-bond donors (Lipinski definition) is 1. The minimum atomic E-state index is -0.319. The van der Waals surface area contributed by atoms with E-state index in [0.717, 1.165) is 5.56 Å². The van der Waals surface area contributed by atoms with Crippen LogP contribution in [0.1, 0.15) is 18.9 Å². The van der Waals surface area contributed by atoms with Gasteiger partial charge in [-0.2, -0.15) is 5.26 Å². The number of nitrogens with zero attached hydrogens (tertiary/aromatic N) is 1. The molecule has 16 heavy (non-hydrogen) atoms. The second-order valence-corrected chi connectivity index (χ2v) is 3.46. The molecule has 0 saturated carbocycles. The van der Waals surface area contributed by atoms with Gasteiger partial charge < -0.3 is 5.32 Å². The second-order valence-electron chi connectivity index (χ2n) is 3.46. The highest BCUT2D eigenvalue weighted by Crippen LogP contribution is 2.10. The zero-order valence-electron chi connectivity index (χ0n) is 8.99. The largest absolute Gasteiger partial charge is 0.326 e. The fraction of sp³-hybridized carbons (Fsp3) is 0.250. The molecule has 0 unspecified atom stereocenters. The second kappa shape index (κ2) is 5.66. The van der Waals surface area contributed by atoms with E-state index in [2.05, 4.69) is 5.32 Å². The van der Waals surface area contributed by atoms with Gasteiger partial charge in [0.05, 0.1) is 18.9 Å². The van der Waals surface area contributed by atoms with Gasteiger partial charge in [0.1, 0.15) is 5.78 Å². The number of amides is 1. The average Bonchev–Trinajstić information content (AvgIpc) is 2.20. The summed E-state index contributed by atoms with van der Waals surface area (Å²) in [6.07, 6.45) is 0.238. The summed E-state index contributed by atoms with van der Waals surface area (Å²) in [5.41, 5.74) is 1.53. The number of ketones is 1. The topological polar surface area (TPSA) is 70.0 Å². The van der Waals surface area contributed by atoms with Crippen LogP contribution in [0, 0.1) is 11.3 Å². The molecule has 0 aliphatic rings. The smallest absolute Gasteiger partial charge is 0.231 e. The summed E-state index contributed by atoms with van der Waals surface area (Å²) >= 11 is 0. The monoisotopic (exact) mass is 216 g/mol. The van der Waals surface area contributed by atoms with Crippen molar-refractivity contribution in [2.75, 3.05) is 5.32 Å². The lowest BCUT2D eigenvalue weighted by atomic mass is 10.1. The first kappa shape index (κ1) is 11.9. The highest BCUT2D eigenvalue weighted by molar-refractivity contribution is 6.03. The molecular weight excluding hydrogens is 204 g/mol. The molecule has 4 nitrogen and oxygen atoms in total. The number of anilines is 1. The van der Waals surface area contributed by atoms with Gasteiger partial charge in [-0.1, -0.05) is 12.1 Å². The van der Waals surface area contributed by atoms with Crippen LogP contribution in [0.5, 0.6) is 0 Å². The van der Waals surface area contributed by atoms with Gasteiger partial charge in [0.15, 0.2) is 0 Å². The number of nitriles is 1. The van der Waals surface area contributed by atoms with Crippen molar-refractivity contribution in [3.05, 3.63) is 29.8 Å². The summed E-state index contributed by atoms with van der Waals surface area (Å²) < 4.78 is 0.